The molecule has 0 unspecified atom stereocenters. The third-order valence-corrected chi connectivity index (χ3v) is 3.01. The summed E-state index contributed by atoms with van der Waals surface area (Å²) in [6.07, 6.45) is 2.10. The van der Waals surface area contributed by atoms with E-state index in [2.05, 4.69) is 29.6 Å². The van der Waals surface area contributed by atoms with Gasteiger partial charge in [-0.05, 0) is 52.5 Å². The van der Waals surface area contributed by atoms with E-state index in [0.29, 0.717) is 0 Å². The lowest BCUT2D eigenvalue weighted by molar-refractivity contribution is 0.0953. The van der Waals surface area contributed by atoms with E-state index in [-0.39, 0.29) is 5.91 Å². The largest absolute Gasteiger partial charge is 0.387 e. The van der Waals surface area contributed by atoms with Crippen LogP contribution < -0.4 is 10.6 Å². The van der Waals surface area contributed by atoms with Crippen molar-refractivity contribution in [1.82, 2.24) is 10.2 Å². The molecule has 2 N–H and O–H groups in total. The molecule has 0 radical (unpaired) electrons. The number of anilines is 1. The quantitative estimate of drug-likeness (QED) is 0.741. The number of amides is 1. The first-order valence-corrected chi connectivity index (χ1v) is 6.76. The van der Waals surface area contributed by atoms with Crippen molar-refractivity contribution in [1.29, 1.82) is 0 Å². The van der Waals surface area contributed by atoms with Gasteiger partial charge < -0.3 is 15.5 Å². The third-order valence-electron chi connectivity index (χ3n) is 3.01. The summed E-state index contributed by atoms with van der Waals surface area (Å²) in [7, 11) is 5.95. The van der Waals surface area contributed by atoms with Gasteiger partial charge >= 0.3 is 0 Å². The SMILES string of the molecule is CNc1ccc(C)cc1C(=O)NCCCCN(C)C. The van der Waals surface area contributed by atoms with Crippen molar-refractivity contribution < 1.29 is 4.79 Å². The van der Waals surface area contributed by atoms with Gasteiger partial charge in [0.1, 0.15) is 0 Å². The Bertz CT molecular complexity index is 416. The summed E-state index contributed by atoms with van der Waals surface area (Å²) in [5, 5.41) is 6.03. The Hall–Kier alpha value is -1.55. The zero-order valence-corrected chi connectivity index (χ0v) is 12.4. The molecule has 106 valence electrons. The molecular weight excluding hydrogens is 238 g/mol. The molecule has 0 saturated heterocycles. The lowest BCUT2D eigenvalue weighted by atomic mass is 10.1. The second kappa shape index (κ2) is 7.79. The average Bonchev–Trinajstić information content (AvgIpc) is 2.37. The van der Waals surface area contributed by atoms with Gasteiger partial charge in [-0.1, -0.05) is 11.6 Å². The minimum atomic E-state index is -0.00194. The molecule has 0 aliphatic heterocycles. The molecule has 0 atom stereocenters. The number of carbonyl (C=O) groups excluding carboxylic acids is 1. The lowest BCUT2D eigenvalue weighted by Crippen LogP contribution is -2.26. The Morgan fingerprint density at radius 3 is 2.63 bits per heavy atom. The number of nitrogens with one attached hydrogen (secondary N) is 2. The van der Waals surface area contributed by atoms with Crippen molar-refractivity contribution in [3.63, 3.8) is 0 Å². The summed E-state index contributed by atoms with van der Waals surface area (Å²) in [5.74, 6) is -0.00194. The van der Waals surface area contributed by atoms with Gasteiger partial charge in [0.15, 0.2) is 0 Å². The molecule has 0 aliphatic rings. The van der Waals surface area contributed by atoms with Crippen molar-refractivity contribution >= 4 is 11.6 Å². The molecule has 19 heavy (non-hydrogen) atoms. The number of aryl methyl sites for hydroxylation is 1. The Morgan fingerprint density at radius 2 is 2.00 bits per heavy atom. The molecule has 1 aromatic carbocycles. The van der Waals surface area contributed by atoms with Gasteiger partial charge in [0.05, 0.1) is 5.56 Å². The summed E-state index contributed by atoms with van der Waals surface area (Å²) < 4.78 is 0. The predicted molar refractivity (Wildman–Crippen MR) is 80.8 cm³/mol. The first-order valence-electron chi connectivity index (χ1n) is 6.76. The minimum Gasteiger partial charge on any atom is -0.387 e. The smallest absolute Gasteiger partial charge is 0.253 e. The van der Waals surface area contributed by atoms with Crippen LogP contribution in [-0.2, 0) is 0 Å². The number of benzene rings is 1. The molecule has 4 heteroatoms. The maximum absolute atomic E-state index is 12.1. The highest BCUT2D eigenvalue weighted by atomic mass is 16.1. The lowest BCUT2D eigenvalue weighted by Gasteiger charge is -2.12. The van der Waals surface area contributed by atoms with Crippen LogP contribution in [0.2, 0.25) is 0 Å². The van der Waals surface area contributed by atoms with Crippen LogP contribution in [0.15, 0.2) is 18.2 Å². The topological polar surface area (TPSA) is 44.4 Å². The first kappa shape index (κ1) is 15.5. The van der Waals surface area contributed by atoms with Crippen molar-refractivity contribution in [3.05, 3.63) is 29.3 Å². The van der Waals surface area contributed by atoms with E-state index in [0.717, 1.165) is 42.7 Å². The van der Waals surface area contributed by atoms with Crippen LogP contribution in [-0.4, -0.2) is 45.0 Å². The minimum absolute atomic E-state index is 0.00194. The Balaban J connectivity index is 2.47. The van der Waals surface area contributed by atoms with E-state index in [1.165, 1.54) is 0 Å². The maximum atomic E-state index is 12.1. The highest BCUT2D eigenvalue weighted by Crippen LogP contribution is 2.16. The van der Waals surface area contributed by atoms with Crippen LogP contribution >= 0.6 is 0 Å². The molecule has 0 heterocycles. The number of hydrogen-bond acceptors (Lipinski definition) is 3. The van der Waals surface area contributed by atoms with Crippen LogP contribution in [0.5, 0.6) is 0 Å². The number of nitrogens with zero attached hydrogens (tertiary/aromatic N) is 1. The number of carbonyl (C=O) groups is 1. The molecule has 1 rings (SSSR count). The van der Waals surface area contributed by atoms with E-state index in [9.17, 15) is 4.79 Å². The summed E-state index contributed by atoms with van der Waals surface area (Å²) in [4.78, 5) is 14.3. The van der Waals surface area contributed by atoms with E-state index in [1.54, 1.807) is 0 Å². The summed E-state index contributed by atoms with van der Waals surface area (Å²) in [6, 6.07) is 5.86. The summed E-state index contributed by atoms with van der Waals surface area (Å²) >= 11 is 0. The fourth-order valence-corrected chi connectivity index (χ4v) is 1.91. The Morgan fingerprint density at radius 1 is 1.26 bits per heavy atom. The Kier molecular flexibility index (Phi) is 6.36. The molecule has 0 saturated carbocycles. The van der Waals surface area contributed by atoms with Gasteiger partial charge in [-0.3, -0.25) is 4.79 Å². The normalized spacial score (nSPS) is 10.6. The first-order chi connectivity index (χ1) is 9.04. The number of hydrogen-bond donors (Lipinski definition) is 2. The van der Waals surface area contributed by atoms with E-state index in [1.807, 2.05) is 32.2 Å². The van der Waals surface area contributed by atoms with E-state index in [4.69, 9.17) is 0 Å². The highest BCUT2D eigenvalue weighted by Gasteiger charge is 2.10. The monoisotopic (exact) mass is 263 g/mol. The molecule has 0 bridgehead atoms. The van der Waals surface area contributed by atoms with Crippen LogP contribution in [0.25, 0.3) is 0 Å². The van der Waals surface area contributed by atoms with E-state index >= 15 is 0 Å². The van der Waals surface area contributed by atoms with Crippen molar-refractivity contribution in [2.45, 2.75) is 19.8 Å². The van der Waals surface area contributed by atoms with Crippen molar-refractivity contribution in [3.8, 4) is 0 Å². The van der Waals surface area contributed by atoms with Crippen LogP contribution in [0.3, 0.4) is 0 Å². The fourth-order valence-electron chi connectivity index (χ4n) is 1.91. The molecule has 1 amide bonds. The Labute approximate surface area is 116 Å². The second-order valence-corrected chi connectivity index (χ2v) is 5.07. The van der Waals surface area contributed by atoms with Crippen LogP contribution in [0.1, 0.15) is 28.8 Å². The van der Waals surface area contributed by atoms with Gasteiger partial charge in [0.25, 0.3) is 5.91 Å². The summed E-state index contributed by atoms with van der Waals surface area (Å²) in [5.41, 5.74) is 2.68. The predicted octanol–water partition coefficient (Wildman–Crippen LogP) is 2.11. The maximum Gasteiger partial charge on any atom is 0.253 e. The van der Waals surface area contributed by atoms with Gasteiger partial charge in [-0.25, -0.2) is 0 Å². The molecule has 0 aromatic heterocycles. The second-order valence-electron chi connectivity index (χ2n) is 5.07. The molecule has 0 aliphatic carbocycles. The zero-order chi connectivity index (χ0) is 14.3. The highest BCUT2D eigenvalue weighted by molar-refractivity contribution is 5.99. The van der Waals surface area contributed by atoms with Gasteiger partial charge in [0, 0.05) is 19.3 Å². The third kappa shape index (κ3) is 5.30. The number of rotatable bonds is 7. The summed E-state index contributed by atoms with van der Waals surface area (Å²) in [6.45, 7) is 3.78. The van der Waals surface area contributed by atoms with Crippen molar-refractivity contribution in [2.24, 2.45) is 0 Å². The van der Waals surface area contributed by atoms with Gasteiger partial charge in [0.2, 0.25) is 0 Å². The molecule has 1 aromatic rings. The molecule has 4 nitrogen and oxygen atoms in total. The fraction of sp³-hybridized carbons (Fsp3) is 0.533. The molecule has 0 fully saturated rings. The van der Waals surface area contributed by atoms with Crippen molar-refractivity contribution in [2.75, 3.05) is 39.5 Å². The molecular formula is C15H25N3O. The molecule has 0 spiro atoms. The zero-order valence-electron chi connectivity index (χ0n) is 12.4. The van der Waals surface area contributed by atoms with Crippen LogP contribution in [0, 0.1) is 6.92 Å². The number of unbranched alkanes of at least 4 members (excludes halogenated alkanes) is 1. The van der Waals surface area contributed by atoms with Crippen LogP contribution in [0.4, 0.5) is 5.69 Å². The van der Waals surface area contributed by atoms with Gasteiger partial charge in [-0.2, -0.15) is 0 Å². The standard InChI is InChI=1S/C15H25N3O/c1-12-7-8-14(16-2)13(11-12)15(19)17-9-5-6-10-18(3)4/h7-8,11,16H,5-6,9-10H2,1-4H3,(H,17,19). The van der Waals surface area contributed by atoms with E-state index < -0.39 is 0 Å². The van der Waals surface area contributed by atoms with Gasteiger partial charge in [-0.15, -0.1) is 0 Å². The average molecular weight is 263 g/mol.